The maximum absolute atomic E-state index is 12.5. The first-order valence-corrected chi connectivity index (χ1v) is 9.12. The molecule has 1 aromatic heterocycles. The lowest BCUT2D eigenvalue weighted by Crippen LogP contribution is -2.39. The van der Waals surface area contributed by atoms with E-state index in [0.29, 0.717) is 18.2 Å². The van der Waals surface area contributed by atoms with Gasteiger partial charge < -0.3 is 10.6 Å². The molecular formula is C17H22BrN5O. The van der Waals surface area contributed by atoms with E-state index in [4.69, 9.17) is 0 Å². The lowest BCUT2D eigenvalue weighted by molar-refractivity contribution is 0.0944. The monoisotopic (exact) mass is 391 g/mol. The summed E-state index contributed by atoms with van der Waals surface area (Å²) < 4.78 is 2.81. The number of hydrogen-bond acceptors (Lipinski definition) is 4. The van der Waals surface area contributed by atoms with Crippen LogP contribution in [0.2, 0.25) is 0 Å². The number of nitrogens with one attached hydrogen (secondary N) is 2. The molecular weight excluding hydrogens is 370 g/mol. The fourth-order valence-electron chi connectivity index (χ4n) is 2.70. The van der Waals surface area contributed by atoms with Crippen LogP contribution in [-0.4, -0.2) is 40.0 Å². The summed E-state index contributed by atoms with van der Waals surface area (Å²) in [6, 6.07) is 8.10. The van der Waals surface area contributed by atoms with Gasteiger partial charge in [-0.05, 0) is 50.6 Å². The van der Waals surface area contributed by atoms with Gasteiger partial charge in [-0.3, -0.25) is 4.79 Å². The Hall–Kier alpha value is -1.73. The van der Waals surface area contributed by atoms with Crippen LogP contribution in [0.15, 0.2) is 28.7 Å². The molecule has 3 rings (SSSR count). The van der Waals surface area contributed by atoms with Crippen molar-refractivity contribution in [2.45, 2.75) is 38.6 Å². The largest absolute Gasteiger partial charge is 0.349 e. The smallest absolute Gasteiger partial charge is 0.273 e. The highest BCUT2D eigenvalue weighted by Crippen LogP contribution is 2.42. The van der Waals surface area contributed by atoms with E-state index in [2.05, 4.69) is 36.9 Å². The van der Waals surface area contributed by atoms with E-state index < -0.39 is 0 Å². The van der Waals surface area contributed by atoms with Crippen LogP contribution in [-0.2, 0) is 0 Å². The van der Waals surface area contributed by atoms with Gasteiger partial charge in [0.25, 0.3) is 5.91 Å². The summed E-state index contributed by atoms with van der Waals surface area (Å²) >= 11 is 3.44. The van der Waals surface area contributed by atoms with E-state index in [-0.39, 0.29) is 11.9 Å². The van der Waals surface area contributed by atoms with Crippen LogP contribution in [0.4, 0.5) is 0 Å². The topological polar surface area (TPSA) is 71.8 Å². The number of carbonyl (C=O) groups is 1. The summed E-state index contributed by atoms with van der Waals surface area (Å²) in [5, 5.41) is 14.6. The molecule has 1 amide bonds. The van der Waals surface area contributed by atoms with Crippen molar-refractivity contribution in [1.82, 2.24) is 25.6 Å². The Morgan fingerprint density at radius 1 is 1.38 bits per heavy atom. The average Bonchev–Trinajstić information content (AvgIpc) is 3.32. The Balaban J connectivity index is 1.81. The van der Waals surface area contributed by atoms with Crippen molar-refractivity contribution >= 4 is 21.8 Å². The molecule has 2 aromatic rings. The third kappa shape index (κ3) is 3.84. The molecule has 1 saturated carbocycles. The minimum Gasteiger partial charge on any atom is -0.349 e. The number of nitrogens with zero attached hydrogens (tertiary/aromatic N) is 3. The normalized spacial score (nSPS) is 15.3. The van der Waals surface area contributed by atoms with Crippen LogP contribution in [0, 0.1) is 0 Å². The third-order valence-corrected chi connectivity index (χ3v) is 4.61. The van der Waals surface area contributed by atoms with E-state index in [9.17, 15) is 4.79 Å². The van der Waals surface area contributed by atoms with Crippen LogP contribution in [0.3, 0.4) is 0 Å². The van der Waals surface area contributed by atoms with Crippen LogP contribution >= 0.6 is 15.9 Å². The van der Waals surface area contributed by atoms with E-state index in [1.54, 1.807) is 4.68 Å². The van der Waals surface area contributed by atoms with Gasteiger partial charge >= 0.3 is 0 Å². The minimum atomic E-state index is -0.148. The molecule has 0 saturated heterocycles. The van der Waals surface area contributed by atoms with Crippen molar-refractivity contribution in [1.29, 1.82) is 0 Å². The number of halogens is 1. The van der Waals surface area contributed by atoms with Gasteiger partial charge in [-0.25, -0.2) is 4.68 Å². The zero-order valence-corrected chi connectivity index (χ0v) is 15.5. The summed E-state index contributed by atoms with van der Waals surface area (Å²) in [7, 11) is 0. The van der Waals surface area contributed by atoms with Gasteiger partial charge in [0.1, 0.15) is 0 Å². The standard InChI is InChI=1S/C17H22BrN5O/c1-3-19-11(2)10-20-17(24)15-16(12-4-5-12)23(22-21-15)14-8-6-13(18)7-9-14/h6-9,11-12,19H,3-5,10H2,1-2H3,(H,20,24)/t11-/m1/s1. The van der Waals surface area contributed by atoms with Crippen molar-refractivity contribution in [2.75, 3.05) is 13.1 Å². The second-order valence-corrected chi connectivity index (χ2v) is 7.07. The Bertz CT molecular complexity index is 708. The highest BCUT2D eigenvalue weighted by Gasteiger charge is 2.34. The summed E-state index contributed by atoms with van der Waals surface area (Å²) in [5.74, 6) is 0.223. The zero-order valence-electron chi connectivity index (χ0n) is 13.9. The average molecular weight is 392 g/mol. The Labute approximate surface area is 150 Å². The van der Waals surface area contributed by atoms with Gasteiger partial charge in [-0.2, -0.15) is 0 Å². The maximum atomic E-state index is 12.5. The van der Waals surface area contributed by atoms with Gasteiger partial charge in [0.2, 0.25) is 0 Å². The molecule has 7 heteroatoms. The molecule has 128 valence electrons. The molecule has 1 fully saturated rings. The number of benzene rings is 1. The Morgan fingerprint density at radius 3 is 2.71 bits per heavy atom. The molecule has 0 bridgehead atoms. The van der Waals surface area contributed by atoms with E-state index in [0.717, 1.165) is 35.2 Å². The maximum Gasteiger partial charge on any atom is 0.273 e. The Kier molecular flexibility index (Phi) is 5.30. The predicted octanol–water partition coefficient (Wildman–Crippen LogP) is 2.64. The highest BCUT2D eigenvalue weighted by molar-refractivity contribution is 9.10. The fraction of sp³-hybridized carbons (Fsp3) is 0.471. The van der Waals surface area contributed by atoms with Gasteiger partial charge in [0, 0.05) is 23.0 Å². The number of amides is 1. The second kappa shape index (κ2) is 7.44. The number of hydrogen-bond donors (Lipinski definition) is 2. The van der Waals surface area contributed by atoms with E-state index in [1.165, 1.54) is 0 Å². The molecule has 1 atom stereocenters. The van der Waals surface area contributed by atoms with Gasteiger partial charge in [-0.15, -0.1) is 5.10 Å². The summed E-state index contributed by atoms with van der Waals surface area (Å²) in [6.07, 6.45) is 2.16. The number of likely N-dealkylation sites (N-methyl/N-ethyl adjacent to an activating group) is 1. The van der Waals surface area contributed by atoms with Crippen LogP contribution in [0.1, 0.15) is 48.8 Å². The summed E-state index contributed by atoms with van der Waals surface area (Å²) in [4.78, 5) is 12.5. The molecule has 1 aliphatic rings. The van der Waals surface area contributed by atoms with Gasteiger partial charge in [0.15, 0.2) is 5.69 Å². The number of carbonyl (C=O) groups excluding carboxylic acids is 1. The first kappa shape index (κ1) is 17.1. The zero-order chi connectivity index (χ0) is 17.1. The molecule has 1 heterocycles. The summed E-state index contributed by atoms with van der Waals surface area (Å²) in [5.41, 5.74) is 2.29. The molecule has 6 nitrogen and oxygen atoms in total. The quantitative estimate of drug-likeness (QED) is 0.760. The van der Waals surface area contributed by atoms with Crippen LogP contribution in [0.25, 0.3) is 5.69 Å². The predicted molar refractivity (Wildman–Crippen MR) is 96.5 cm³/mol. The van der Waals surface area contributed by atoms with Crippen molar-refractivity contribution in [3.05, 3.63) is 40.1 Å². The van der Waals surface area contributed by atoms with Crippen LogP contribution < -0.4 is 10.6 Å². The molecule has 2 N–H and O–H groups in total. The van der Waals surface area contributed by atoms with Crippen LogP contribution in [0.5, 0.6) is 0 Å². The van der Waals surface area contributed by atoms with E-state index in [1.807, 2.05) is 38.1 Å². The Morgan fingerprint density at radius 2 is 2.08 bits per heavy atom. The second-order valence-electron chi connectivity index (χ2n) is 6.15. The molecule has 0 unspecified atom stereocenters. The highest BCUT2D eigenvalue weighted by atomic mass is 79.9. The van der Waals surface area contributed by atoms with Crippen molar-refractivity contribution in [3.8, 4) is 5.69 Å². The molecule has 24 heavy (non-hydrogen) atoms. The molecule has 0 aliphatic heterocycles. The minimum absolute atomic E-state index is 0.148. The summed E-state index contributed by atoms with van der Waals surface area (Å²) in [6.45, 7) is 5.55. The number of rotatable bonds is 7. The molecule has 0 spiro atoms. The van der Waals surface area contributed by atoms with Gasteiger partial charge in [-0.1, -0.05) is 28.1 Å². The lowest BCUT2D eigenvalue weighted by atomic mass is 10.2. The molecule has 1 aromatic carbocycles. The van der Waals surface area contributed by atoms with Crippen molar-refractivity contribution in [2.24, 2.45) is 0 Å². The van der Waals surface area contributed by atoms with Gasteiger partial charge in [0.05, 0.1) is 11.4 Å². The first-order valence-electron chi connectivity index (χ1n) is 8.33. The third-order valence-electron chi connectivity index (χ3n) is 4.08. The number of aromatic nitrogens is 3. The fourth-order valence-corrected chi connectivity index (χ4v) is 2.96. The molecule has 0 radical (unpaired) electrons. The lowest BCUT2D eigenvalue weighted by Gasteiger charge is -2.13. The SMILES string of the molecule is CCN[C@H](C)CNC(=O)c1nnn(-c2ccc(Br)cc2)c1C1CC1. The van der Waals surface area contributed by atoms with E-state index >= 15 is 0 Å². The molecule has 1 aliphatic carbocycles. The first-order chi connectivity index (χ1) is 11.6. The van der Waals surface area contributed by atoms with Crippen molar-refractivity contribution < 1.29 is 4.79 Å². The van der Waals surface area contributed by atoms with Crippen molar-refractivity contribution in [3.63, 3.8) is 0 Å².